The van der Waals surface area contributed by atoms with Crippen molar-refractivity contribution in [1.82, 2.24) is 0 Å². The van der Waals surface area contributed by atoms with Crippen molar-refractivity contribution in [2.45, 2.75) is 167 Å². The fourth-order valence-corrected chi connectivity index (χ4v) is 10.6. The van der Waals surface area contributed by atoms with Gasteiger partial charge in [-0.3, -0.25) is 8.22 Å². The molecule has 0 aromatic heterocycles. The van der Waals surface area contributed by atoms with Crippen molar-refractivity contribution in [3.8, 4) is 11.1 Å². The van der Waals surface area contributed by atoms with Gasteiger partial charge in [0.25, 0.3) is 0 Å². The summed E-state index contributed by atoms with van der Waals surface area (Å²) in [5, 5.41) is 0. The topological polar surface area (TPSA) is 0 Å². The van der Waals surface area contributed by atoms with E-state index in [0.717, 1.165) is 38.5 Å². The van der Waals surface area contributed by atoms with Crippen molar-refractivity contribution in [3.05, 3.63) is 0 Å². The van der Waals surface area contributed by atoms with E-state index in [1.807, 2.05) is 13.8 Å². The minimum Gasteiger partial charge on any atom is -0.297 e. The first-order valence-electron chi connectivity index (χ1n) is 14.4. The molecule has 190 valence electrons. The van der Waals surface area contributed by atoms with Gasteiger partial charge in [0.15, 0.2) is 0 Å². The van der Waals surface area contributed by atoms with Crippen LogP contribution in [0.25, 0.3) is 0 Å². The third-order valence-corrected chi connectivity index (χ3v) is 12.9. The van der Waals surface area contributed by atoms with Crippen molar-refractivity contribution < 1.29 is 8.22 Å². The average molecular weight is 487 g/mol. The highest BCUT2D eigenvalue weighted by Crippen LogP contribution is 2.26. The van der Waals surface area contributed by atoms with E-state index in [1.165, 1.54) is 77.0 Å². The van der Waals surface area contributed by atoms with Gasteiger partial charge in [0.1, 0.15) is 0 Å². The van der Waals surface area contributed by atoms with Crippen LogP contribution in [-0.4, -0.2) is 16.8 Å². The summed E-state index contributed by atoms with van der Waals surface area (Å²) < 4.78 is 31.3. The molecular formula is C28H56F2Si2. The van der Waals surface area contributed by atoms with Crippen LogP contribution in [0.4, 0.5) is 8.22 Å². The molecule has 32 heavy (non-hydrogen) atoms. The minimum atomic E-state index is -3.11. The molecule has 4 heteroatoms. The lowest BCUT2D eigenvalue weighted by Gasteiger charge is -2.19. The smallest absolute Gasteiger partial charge is 0.297 e. The van der Waals surface area contributed by atoms with Gasteiger partial charge in [-0.05, 0) is 24.2 Å². The van der Waals surface area contributed by atoms with E-state index in [2.05, 4.69) is 24.9 Å². The summed E-state index contributed by atoms with van der Waals surface area (Å²) in [6, 6.07) is 2.42. The van der Waals surface area contributed by atoms with Gasteiger partial charge in [-0.15, -0.1) is 0 Å². The first-order valence-corrected chi connectivity index (χ1v) is 19.0. The molecule has 0 aromatic rings. The summed E-state index contributed by atoms with van der Waals surface area (Å²) >= 11 is 0. The molecule has 2 unspecified atom stereocenters. The molecule has 0 radical (unpaired) electrons. The zero-order valence-electron chi connectivity index (χ0n) is 22.3. The SMILES string of the molecule is CCCCCCCCCC[Si](F)(C#C[Si](F)(CCC)CCCCCCCCCC)CCC. The van der Waals surface area contributed by atoms with Crippen LogP contribution in [0.1, 0.15) is 143 Å². The zero-order chi connectivity index (χ0) is 24.0. The van der Waals surface area contributed by atoms with Gasteiger partial charge in [0.2, 0.25) is 0 Å². The predicted octanol–water partition coefficient (Wildman–Crippen LogP) is 11.0. The summed E-state index contributed by atoms with van der Waals surface area (Å²) in [4.78, 5) is 0. The number of hydrogen-bond acceptors (Lipinski definition) is 0. The van der Waals surface area contributed by atoms with Gasteiger partial charge >= 0.3 is 16.8 Å². The van der Waals surface area contributed by atoms with E-state index in [0.29, 0.717) is 24.2 Å². The number of hydrogen-bond donors (Lipinski definition) is 0. The van der Waals surface area contributed by atoms with E-state index in [-0.39, 0.29) is 0 Å². The second kappa shape index (κ2) is 21.4. The summed E-state index contributed by atoms with van der Waals surface area (Å²) in [5.41, 5.74) is 6.05. The molecule has 0 aliphatic rings. The quantitative estimate of drug-likeness (QED) is 0.0617. The standard InChI is InChI=1S/C28H56F2Si2/c1-5-9-11-13-15-17-19-21-25-31(29,23-7-3)27-28-32(30,24-8-4)26-22-20-18-16-14-12-10-6-2/h5-26H2,1-4H3. The van der Waals surface area contributed by atoms with Crippen LogP contribution in [-0.2, 0) is 0 Å². The first kappa shape index (κ1) is 31.9. The van der Waals surface area contributed by atoms with Gasteiger partial charge in [-0.2, -0.15) is 0 Å². The van der Waals surface area contributed by atoms with E-state index >= 15 is 8.22 Å². The van der Waals surface area contributed by atoms with Crippen LogP contribution in [0, 0.1) is 11.1 Å². The highest BCUT2D eigenvalue weighted by Gasteiger charge is 2.35. The highest BCUT2D eigenvalue weighted by atomic mass is 28.4. The maximum Gasteiger partial charge on any atom is 0.322 e. The third-order valence-electron chi connectivity index (χ3n) is 6.66. The van der Waals surface area contributed by atoms with E-state index in [1.54, 1.807) is 0 Å². The second-order valence-electron chi connectivity index (χ2n) is 10.1. The molecule has 0 aromatic carbocycles. The molecule has 0 rings (SSSR count). The monoisotopic (exact) mass is 486 g/mol. The zero-order valence-corrected chi connectivity index (χ0v) is 24.3. The molecule has 0 bridgehead atoms. The van der Waals surface area contributed by atoms with E-state index < -0.39 is 16.8 Å². The maximum absolute atomic E-state index is 15.6. The van der Waals surface area contributed by atoms with Crippen LogP contribution < -0.4 is 0 Å². The summed E-state index contributed by atoms with van der Waals surface area (Å²) in [7, 11) is -6.22. The highest BCUT2D eigenvalue weighted by molar-refractivity contribution is 6.86. The van der Waals surface area contributed by atoms with E-state index in [9.17, 15) is 0 Å². The summed E-state index contributed by atoms with van der Waals surface area (Å²) in [6.07, 6.45) is 21.3. The van der Waals surface area contributed by atoms with Gasteiger partial charge in [-0.25, -0.2) is 0 Å². The molecule has 0 fully saturated rings. The normalized spacial score (nSPS) is 15.1. The minimum absolute atomic E-state index is 0.588. The Morgan fingerprint density at radius 3 is 0.938 bits per heavy atom. The molecule has 0 aliphatic heterocycles. The molecule has 0 spiro atoms. The summed E-state index contributed by atoms with van der Waals surface area (Å²) in [6.45, 7) is 8.57. The van der Waals surface area contributed by atoms with Crippen LogP contribution in [0.5, 0.6) is 0 Å². The number of rotatable bonds is 22. The summed E-state index contributed by atoms with van der Waals surface area (Å²) in [5.74, 6) is 0. The Morgan fingerprint density at radius 2 is 0.656 bits per heavy atom. The van der Waals surface area contributed by atoms with Crippen molar-refractivity contribution in [2.24, 2.45) is 0 Å². The van der Waals surface area contributed by atoms with Gasteiger partial charge in [-0.1, -0.05) is 154 Å². The third kappa shape index (κ3) is 18.3. The van der Waals surface area contributed by atoms with Crippen molar-refractivity contribution in [1.29, 1.82) is 0 Å². The van der Waals surface area contributed by atoms with Gasteiger partial charge in [0, 0.05) is 0 Å². The van der Waals surface area contributed by atoms with Crippen LogP contribution in [0.2, 0.25) is 24.2 Å². The maximum atomic E-state index is 15.6. The molecule has 0 nitrogen and oxygen atoms in total. The molecular weight excluding hydrogens is 430 g/mol. The number of unbranched alkanes of at least 4 members (excludes halogenated alkanes) is 14. The molecule has 0 amide bonds. The largest absolute Gasteiger partial charge is 0.322 e. The van der Waals surface area contributed by atoms with E-state index in [4.69, 9.17) is 0 Å². The predicted molar refractivity (Wildman–Crippen MR) is 147 cm³/mol. The molecule has 0 N–H and O–H groups in total. The first-order chi connectivity index (χ1) is 15.4. The van der Waals surface area contributed by atoms with Gasteiger partial charge in [0.05, 0.1) is 0 Å². The Labute approximate surface area is 203 Å². The Morgan fingerprint density at radius 1 is 0.375 bits per heavy atom. The molecule has 0 heterocycles. The van der Waals surface area contributed by atoms with Crippen molar-refractivity contribution in [3.63, 3.8) is 0 Å². The second-order valence-corrected chi connectivity index (χ2v) is 16.5. The molecule has 0 aliphatic carbocycles. The van der Waals surface area contributed by atoms with Crippen LogP contribution >= 0.6 is 0 Å². The average Bonchev–Trinajstić information content (AvgIpc) is 2.77. The lowest BCUT2D eigenvalue weighted by Crippen LogP contribution is -2.31. The fraction of sp³-hybridized carbons (Fsp3) is 0.929. The fourth-order valence-electron chi connectivity index (χ4n) is 4.59. The van der Waals surface area contributed by atoms with Crippen LogP contribution in [0.15, 0.2) is 0 Å². The Balaban J connectivity index is 4.50. The Bertz CT molecular complexity index is 434. The van der Waals surface area contributed by atoms with Gasteiger partial charge < -0.3 is 0 Å². The number of halogens is 2. The molecule has 0 saturated heterocycles. The van der Waals surface area contributed by atoms with Crippen molar-refractivity contribution in [2.75, 3.05) is 0 Å². The Hall–Kier alpha value is -0.146. The van der Waals surface area contributed by atoms with Crippen molar-refractivity contribution >= 4 is 16.8 Å². The molecule has 2 atom stereocenters. The lowest BCUT2D eigenvalue weighted by molar-refractivity contribution is 0.580. The lowest BCUT2D eigenvalue weighted by atomic mass is 10.1. The Kier molecular flexibility index (Phi) is 21.3. The van der Waals surface area contributed by atoms with Crippen LogP contribution in [0.3, 0.4) is 0 Å². The molecule has 0 saturated carbocycles.